The van der Waals surface area contributed by atoms with Gasteiger partial charge in [0, 0.05) is 25.7 Å². The smallest absolute Gasteiger partial charge is 0.0434 e. The summed E-state index contributed by atoms with van der Waals surface area (Å²) in [7, 11) is 0. The number of rotatable bonds is 4. The zero-order valence-corrected chi connectivity index (χ0v) is 24.5. The minimum absolute atomic E-state index is 1.01. The third-order valence-corrected chi connectivity index (χ3v) is 9.80. The SMILES string of the molecule is C=C/C=c1/c(-c2cccc3c2sc2ccccc23)c2ccccc2c(-c2ccccc2-c2ccc3ccccc3c2)c1=C. The summed E-state index contributed by atoms with van der Waals surface area (Å²) in [6, 6.07) is 48.3. The lowest BCUT2D eigenvalue weighted by molar-refractivity contribution is 1.53. The normalized spacial score (nSPS) is 12.0. The Bertz CT molecular complexity index is 2490. The van der Waals surface area contributed by atoms with Crippen molar-refractivity contribution in [2.24, 2.45) is 0 Å². The van der Waals surface area contributed by atoms with Gasteiger partial charge in [-0.15, -0.1) is 11.3 Å². The molecule has 7 aromatic carbocycles. The van der Waals surface area contributed by atoms with E-state index in [1.165, 1.54) is 75.1 Å². The van der Waals surface area contributed by atoms with Crippen molar-refractivity contribution in [3.8, 4) is 33.4 Å². The maximum absolute atomic E-state index is 4.78. The first-order chi connectivity index (χ1) is 21.2. The van der Waals surface area contributed by atoms with Crippen molar-refractivity contribution in [3.63, 3.8) is 0 Å². The van der Waals surface area contributed by atoms with E-state index in [4.69, 9.17) is 6.58 Å². The summed E-state index contributed by atoms with van der Waals surface area (Å²) in [5, 5.41) is 9.63. The number of benzene rings is 7. The fourth-order valence-electron chi connectivity index (χ4n) is 6.67. The van der Waals surface area contributed by atoms with E-state index < -0.39 is 0 Å². The lowest BCUT2D eigenvalue weighted by Crippen LogP contribution is -2.28. The molecule has 0 saturated heterocycles. The van der Waals surface area contributed by atoms with Crippen molar-refractivity contribution < 1.29 is 0 Å². The van der Waals surface area contributed by atoms with Crippen molar-refractivity contribution in [3.05, 3.63) is 157 Å². The molecule has 8 rings (SSSR count). The molecule has 0 aliphatic carbocycles. The first-order valence-corrected chi connectivity index (χ1v) is 15.4. The van der Waals surface area contributed by atoms with Crippen molar-refractivity contribution >= 4 is 65.7 Å². The molecule has 8 aromatic rings. The molecule has 43 heavy (non-hydrogen) atoms. The van der Waals surface area contributed by atoms with Crippen LogP contribution in [0.2, 0.25) is 0 Å². The molecule has 1 aromatic heterocycles. The van der Waals surface area contributed by atoms with Crippen molar-refractivity contribution in [1.29, 1.82) is 0 Å². The zero-order chi connectivity index (χ0) is 28.9. The molecule has 1 heteroatoms. The van der Waals surface area contributed by atoms with Gasteiger partial charge in [0.2, 0.25) is 0 Å². The molecule has 0 aliphatic heterocycles. The van der Waals surface area contributed by atoms with Crippen LogP contribution < -0.4 is 10.4 Å². The van der Waals surface area contributed by atoms with Gasteiger partial charge >= 0.3 is 0 Å². The first kappa shape index (κ1) is 25.5. The lowest BCUT2D eigenvalue weighted by atomic mass is 9.85. The molecule has 0 amide bonds. The maximum Gasteiger partial charge on any atom is 0.0434 e. The van der Waals surface area contributed by atoms with Gasteiger partial charge in [0.25, 0.3) is 0 Å². The molecule has 0 N–H and O–H groups in total. The molecule has 0 nitrogen and oxygen atoms in total. The Kier molecular flexibility index (Phi) is 6.06. The number of fused-ring (bicyclic) bond motifs is 5. The van der Waals surface area contributed by atoms with Crippen molar-refractivity contribution in [2.75, 3.05) is 0 Å². The molecule has 0 saturated carbocycles. The van der Waals surface area contributed by atoms with Crippen LogP contribution in [-0.4, -0.2) is 0 Å². The fraction of sp³-hybridized carbons (Fsp3) is 0. The van der Waals surface area contributed by atoms with Crippen LogP contribution in [0.15, 0.2) is 146 Å². The highest BCUT2D eigenvalue weighted by Gasteiger charge is 2.19. The molecule has 0 unspecified atom stereocenters. The van der Waals surface area contributed by atoms with Gasteiger partial charge in [-0.2, -0.15) is 0 Å². The predicted octanol–water partition coefficient (Wildman–Crippen LogP) is 10.7. The van der Waals surface area contributed by atoms with Crippen LogP contribution in [0.5, 0.6) is 0 Å². The molecular weight excluding hydrogens is 537 g/mol. The van der Waals surface area contributed by atoms with Crippen LogP contribution in [0.25, 0.3) is 87.8 Å². The van der Waals surface area contributed by atoms with Crippen LogP contribution >= 0.6 is 11.3 Å². The Balaban J connectivity index is 1.47. The van der Waals surface area contributed by atoms with Gasteiger partial charge in [-0.3, -0.25) is 0 Å². The molecule has 1 heterocycles. The van der Waals surface area contributed by atoms with Gasteiger partial charge < -0.3 is 0 Å². The summed E-state index contributed by atoms with van der Waals surface area (Å²) >= 11 is 1.87. The molecule has 0 aliphatic rings. The van der Waals surface area contributed by atoms with E-state index in [2.05, 4.69) is 146 Å². The molecule has 0 radical (unpaired) electrons. The molecular formula is C42H28S. The van der Waals surface area contributed by atoms with Gasteiger partial charge in [0.1, 0.15) is 0 Å². The van der Waals surface area contributed by atoms with Crippen LogP contribution in [0.4, 0.5) is 0 Å². The highest BCUT2D eigenvalue weighted by atomic mass is 32.1. The predicted molar refractivity (Wildman–Crippen MR) is 190 cm³/mol. The van der Waals surface area contributed by atoms with E-state index in [-0.39, 0.29) is 0 Å². The van der Waals surface area contributed by atoms with Gasteiger partial charge in [0.05, 0.1) is 0 Å². The minimum Gasteiger partial charge on any atom is -0.135 e. The van der Waals surface area contributed by atoms with E-state index in [0.29, 0.717) is 0 Å². The van der Waals surface area contributed by atoms with Gasteiger partial charge in [-0.1, -0.05) is 147 Å². The highest BCUT2D eigenvalue weighted by molar-refractivity contribution is 7.26. The topological polar surface area (TPSA) is 0 Å². The summed E-state index contributed by atoms with van der Waals surface area (Å²) < 4.78 is 2.61. The molecule has 0 atom stereocenters. The third-order valence-electron chi connectivity index (χ3n) is 8.58. The Morgan fingerprint density at radius 1 is 0.512 bits per heavy atom. The number of hydrogen-bond donors (Lipinski definition) is 0. The largest absolute Gasteiger partial charge is 0.135 e. The zero-order valence-electron chi connectivity index (χ0n) is 23.7. The van der Waals surface area contributed by atoms with E-state index in [1.807, 2.05) is 17.4 Å². The maximum atomic E-state index is 4.78. The Labute approximate surface area is 254 Å². The summed E-state index contributed by atoms with van der Waals surface area (Å²) in [6.45, 7) is 8.91. The average Bonchev–Trinajstić information content (AvgIpc) is 3.44. The first-order valence-electron chi connectivity index (χ1n) is 14.6. The van der Waals surface area contributed by atoms with Gasteiger partial charge in [-0.05, 0) is 71.9 Å². The van der Waals surface area contributed by atoms with Crippen molar-refractivity contribution in [1.82, 2.24) is 0 Å². The Morgan fingerprint density at radius 3 is 1.95 bits per heavy atom. The van der Waals surface area contributed by atoms with Crippen LogP contribution in [0.3, 0.4) is 0 Å². The van der Waals surface area contributed by atoms with Crippen LogP contribution in [0.1, 0.15) is 0 Å². The van der Waals surface area contributed by atoms with Gasteiger partial charge in [0.15, 0.2) is 0 Å². The van der Waals surface area contributed by atoms with E-state index in [0.717, 1.165) is 10.4 Å². The van der Waals surface area contributed by atoms with E-state index in [1.54, 1.807) is 0 Å². The second-order valence-electron chi connectivity index (χ2n) is 11.0. The van der Waals surface area contributed by atoms with Crippen LogP contribution in [0, 0.1) is 0 Å². The second kappa shape index (κ2) is 10.2. The van der Waals surface area contributed by atoms with E-state index in [9.17, 15) is 0 Å². The molecule has 0 spiro atoms. The van der Waals surface area contributed by atoms with Crippen molar-refractivity contribution in [2.45, 2.75) is 0 Å². The standard InChI is InChI=1S/C42H28S/c1-3-13-31-27(2)40(34-18-7-6-16-32(34)30-25-24-28-14-4-5-15-29(28)26-30)35-19-8-9-20-36(35)41(31)38-22-12-21-37-33-17-10-11-23-39(33)43-42(37)38/h3-26H,1-2H2/b31-13+. The van der Waals surface area contributed by atoms with E-state index >= 15 is 0 Å². The minimum atomic E-state index is 1.01. The molecule has 0 fully saturated rings. The number of allylic oxidation sites excluding steroid dienone is 1. The fourth-order valence-corrected chi connectivity index (χ4v) is 7.89. The monoisotopic (exact) mass is 564 g/mol. The summed E-state index contributed by atoms with van der Waals surface area (Å²) in [4.78, 5) is 0. The quantitative estimate of drug-likeness (QED) is 0.199. The molecule has 0 bridgehead atoms. The van der Waals surface area contributed by atoms with Gasteiger partial charge in [-0.25, -0.2) is 0 Å². The number of thiophene rings is 1. The summed E-state index contributed by atoms with van der Waals surface area (Å²) in [6.07, 6.45) is 4.03. The number of hydrogen-bond acceptors (Lipinski definition) is 1. The highest BCUT2D eigenvalue weighted by Crippen LogP contribution is 2.42. The second-order valence-corrected chi connectivity index (χ2v) is 12.0. The summed E-state index contributed by atoms with van der Waals surface area (Å²) in [5.41, 5.74) is 7.20. The third kappa shape index (κ3) is 4.05. The van der Waals surface area contributed by atoms with Crippen LogP contribution in [-0.2, 0) is 0 Å². The summed E-state index contributed by atoms with van der Waals surface area (Å²) in [5.74, 6) is 0. The molecule has 202 valence electrons. The Morgan fingerprint density at radius 2 is 1.14 bits per heavy atom. The Hall–Kier alpha value is -5.24. The lowest BCUT2D eigenvalue weighted by Gasteiger charge is -2.18. The average molecular weight is 565 g/mol.